The Labute approximate surface area is 119 Å². The molecule has 0 saturated carbocycles. The fourth-order valence-electron chi connectivity index (χ4n) is 2.35. The Hall–Kier alpha value is -2.04. The molecule has 1 heterocycles. The molecule has 20 heavy (non-hydrogen) atoms. The second-order valence-electron chi connectivity index (χ2n) is 4.77. The summed E-state index contributed by atoms with van der Waals surface area (Å²) in [5.41, 5.74) is 1.85. The number of para-hydroxylation sites is 1. The maximum atomic E-state index is 10.3. The summed E-state index contributed by atoms with van der Waals surface area (Å²) in [5, 5.41) is 18.5. The van der Waals surface area contributed by atoms with E-state index in [9.17, 15) is 5.11 Å². The highest BCUT2D eigenvalue weighted by atomic mass is 16.5. The lowest BCUT2D eigenvalue weighted by atomic mass is 9.91. The zero-order chi connectivity index (χ0) is 14.5. The van der Waals surface area contributed by atoms with Crippen molar-refractivity contribution in [1.29, 1.82) is 0 Å². The number of hydrogen-bond donors (Lipinski definition) is 1. The van der Waals surface area contributed by atoms with Crippen LogP contribution in [0.2, 0.25) is 0 Å². The van der Waals surface area contributed by atoms with E-state index < -0.39 is 0 Å². The Morgan fingerprint density at radius 1 is 1.35 bits per heavy atom. The summed E-state index contributed by atoms with van der Waals surface area (Å²) in [6.45, 7) is 4.95. The van der Waals surface area contributed by atoms with E-state index >= 15 is 0 Å². The Morgan fingerprint density at radius 2 is 2.15 bits per heavy atom. The summed E-state index contributed by atoms with van der Waals surface area (Å²) < 4.78 is 6.98. The van der Waals surface area contributed by atoms with Gasteiger partial charge in [0.2, 0.25) is 0 Å². The topological polar surface area (TPSA) is 60.2 Å². The number of phenolic OH excluding ortho intramolecular Hbond substituents is 1. The Morgan fingerprint density at radius 3 is 2.75 bits per heavy atom. The van der Waals surface area contributed by atoms with E-state index in [4.69, 9.17) is 4.74 Å². The first kappa shape index (κ1) is 14.4. The molecule has 2 aromatic rings. The first-order valence-corrected chi connectivity index (χ1v) is 6.94. The molecule has 0 spiro atoms. The van der Waals surface area contributed by atoms with E-state index in [2.05, 4.69) is 17.2 Å². The van der Waals surface area contributed by atoms with Crippen molar-refractivity contribution in [2.24, 2.45) is 0 Å². The van der Waals surface area contributed by atoms with E-state index in [1.165, 1.54) is 0 Å². The van der Waals surface area contributed by atoms with Crippen molar-refractivity contribution >= 4 is 0 Å². The van der Waals surface area contributed by atoms with Crippen LogP contribution in [-0.2, 0) is 13.0 Å². The van der Waals surface area contributed by atoms with Crippen molar-refractivity contribution in [1.82, 2.24) is 15.0 Å². The standard InChI is InChI=1S/C15H21N3O2/c1-4-11(9-12-10-18(5-2)17-16-12)13-7-6-8-14(20-3)15(13)19/h6-8,10-11,19H,4-5,9H2,1-3H3. The summed E-state index contributed by atoms with van der Waals surface area (Å²) in [6.07, 6.45) is 3.64. The number of phenols is 1. The third kappa shape index (κ3) is 2.92. The van der Waals surface area contributed by atoms with Gasteiger partial charge in [-0.25, -0.2) is 0 Å². The van der Waals surface area contributed by atoms with E-state index in [1.54, 1.807) is 13.2 Å². The molecule has 1 atom stereocenters. The molecule has 1 aromatic heterocycles. The molecule has 1 aromatic carbocycles. The van der Waals surface area contributed by atoms with Crippen LogP contribution in [-0.4, -0.2) is 27.2 Å². The summed E-state index contributed by atoms with van der Waals surface area (Å²) in [6, 6.07) is 5.61. The van der Waals surface area contributed by atoms with Crippen molar-refractivity contribution < 1.29 is 9.84 Å². The van der Waals surface area contributed by atoms with Gasteiger partial charge in [0.05, 0.1) is 12.8 Å². The zero-order valence-electron chi connectivity index (χ0n) is 12.2. The molecule has 1 N–H and O–H groups in total. The number of methoxy groups -OCH3 is 1. The van der Waals surface area contributed by atoms with Crippen LogP contribution < -0.4 is 4.74 Å². The summed E-state index contributed by atoms with van der Waals surface area (Å²) in [4.78, 5) is 0. The number of nitrogens with zero attached hydrogens (tertiary/aromatic N) is 3. The molecule has 5 nitrogen and oxygen atoms in total. The van der Waals surface area contributed by atoms with Gasteiger partial charge in [0.1, 0.15) is 0 Å². The Bertz CT molecular complexity index is 566. The molecule has 108 valence electrons. The largest absolute Gasteiger partial charge is 0.504 e. The molecule has 0 aliphatic carbocycles. The number of aromatic nitrogens is 3. The number of aryl methyl sites for hydroxylation is 1. The predicted octanol–water partition coefficient (Wildman–Crippen LogP) is 2.75. The SMILES string of the molecule is CCC(Cc1cn(CC)nn1)c1cccc(OC)c1O. The quantitative estimate of drug-likeness (QED) is 0.880. The minimum Gasteiger partial charge on any atom is -0.504 e. The van der Waals surface area contributed by atoms with Crippen LogP contribution in [0.25, 0.3) is 0 Å². The van der Waals surface area contributed by atoms with Crippen LogP contribution in [0, 0.1) is 0 Å². The molecule has 0 aliphatic heterocycles. The summed E-state index contributed by atoms with van der Waals surface area (Å²) in [7, 11) is 1.56. The molecule has 0 bridgehead atoms. The summed E-state index contributed by atoms with van der Waals surface area (Å²) >= 11 is 0. The molecule has 0 aliphatic rings. The predicted molar refractivity (Wildman–Crippen MR) is 77.1 cm³/mol. The van der Waals surface area contributed by atoms with E-state index in [-0.39, 0.29) is 11.7 Å². The van der Waals surface area contributed by atoms with Crippen LogP contribution in [0.3, 0.4) is 0 Å². The van der Waals surface area contributed by atoms with Gasteiger partial charge < -0.3 is 9.84 Å². The van der Waals surface area contributed by atoms with Crippen molar-refractivity contribution in [3.8, 4) is 11.5 Å². The van der Waals surface area contributed by atoms with Gasteiger partial charge in [-0.1, -0.05) is 24.3 Å². The normalized spacial score (nSPS) is 12.3. The van der Waals surface area contributed by atoms with Crippen LogP contribution in [0.5, 0.6) is 11.5 Å². The first-order valence-electron chi connectivity index (χ1n) is 6.94. The highest BCUT2D eigenvalue weighted by Gasteiger charge is 2.18. The highest BCUT2D eigenvalue weighted by molar-refractivity contribution is 5.47. The van der Waals surface area contributed by atoms with Gasteiger partial charge in [0.15, 0.2) is 11.5 Å². The van der Waals surface area contributed by atoms with Crippen molar-refractivity contribution in [2.45, 2.75) is 39.2 Å². The molecule has 0 radical (unpaired) electrons. The fourth-order valence-corrected chi connectivity index (χ4v) is 2.35. The maximum Gasteiger partial charge on any atom is 0.161 e. The average molecular weight is 275 g/mol. The Kier molecular flexibility index (Phi) is 4.61. The second-order valence-corrected chi connectivity index (χ2v) is 4.77. The number of rotatable bonds is 6. The molecule has 5 heteroatoms. The van der Waals surface area contributed by atoms with Gasteiger partial charge in [0, 0.05) is 24.7 Å². The number of hydrogen-bond acceptors (Lipinski definition) is 4. The van der Waals surface area contributed by atoms with E-state index in [0.29, 0.717) is 5.75 Å². The molecule has 1 unspecified atom stereocenters. The van der Waals surface area contributed by atoms with Crippen LogP contribution >= 0.6 is 0 Å². The first-order chi connectivity index (χ1) is 9.69. The highest BCUT2D eigenvalue weighted by Crippen LogP contribution is 2.36. The third-order valence-corrected chi connectivity index (χ3v) is 3.55. The van der Waals surface area contributed by atoms with E-state index in [1.807, 2.05) is 29.9 Å². The molecular formula is C15H21N3O2. The van der Waals surface area contributed by atoms with Crippen LogP contribution in [0.1, 0.15) is 37.4 Å². The molecular weight excluding hydrogens is 254 g/mol. The fraction of sp³-hybridized carbons (Fsp3) is 0.467. The number of ether oxygens (including phenoxy) is 1. The lowest BCUT2D eigenvalue weighted by molar-refractivity contribution is 0.367. The minimum atomic E-state index is 0.201. The third-order valence-electron chi connectivity index (χ3n) is 3.55. The lowest BCUT2D eigenvalue weighted by Crippen LogP contribution is -2.03. The molecule has 0 amide bonds. The monoisotopic (exact) mass is 275 g/mol. The van der Waals surface area contributed by atoms with Gasteiger partial charge in [-0.3, -0.25) is 4.68 Å². The number of aromatic hydroxyl groups is 1. The molecule has 2 rings (SSSR count). The maximum absolute atomic E-state index is 10.3. The minimum absolute atomic E-state index is 0.201. The number of benzene rings is 1. The van der Waals surface area contributed by atoms with Gasteiger partial charge in [-0.15, -0.1) is 5.10 Å². The Balaban J connectivity index is 2.23. The van der Waals surface area contributed by atoms with Gasteiger partial charge in [-0.05, 0) is 25.3 Å². The average Bonchev–Trinajstić information content (AvgIpc) is 2.93. The van der Waals surface area contributed by atoms with Crippen LogP contribution in [0.15, 0.2) is 24.4 Å². The molecule has 0 fully saturated rings. The van der Waals surface area contributed by atoms with E-state index in [0.717, 1.165) is 30.6 Å². The molecule has 0 saturated heterocycles. The van der Waals surface area contributed by atoms with Gasteiger partial charge in [0.25, 0.3) is 0 Å². The smallest absolute Gasteiger partial charge is 0.161 e. The second kappa shape index (κ2) is 6.41. The lowest BCUT2D eigenvalue weighted by Gasteiger charge is -2.16. The summed E-state index contributed by atoms with van der Waals surface area (Å²) in [5.74, 6) is 0.940. The van der Waals surface area contributed by atoms with Crippen LogP contribution in [0.4, 0.5) is 0 Å². The van der Waals surface area contributed by atoms with Crippen molar-refractivity contribution in [3.63, 3.8) is 0 Å². The van der Waals surface area contributed by atoms with Gasteiger partial charge in [-0.2, -0.15) is 0 Å². The van der Waals surface area contributed by atoms with Crippen molar-refractivity contribution in [3.05, 3.63) is 35.7 Å². The zero-order valence-corrected chi connectivity index (χ0v) is 12.2. The van der Waals surface area contributed by atoms with Gasteiger partial charge >= 0.3 is 0 Å². The van der Waals surface area contributed by atoms with Crippen molar-refractivity contribution in [2.75, 3.05) is 7.11 Å².